The summed E-state index contributed by atoms with van der Waals surface area (Å²) >= 11 is 0. The molecule has 0 aliphatic carbocycles. The zero-order valence-electron chi connectivity index (χ0n) is 18.2. The van der Waals surface area contributed by atoms with Crippen LogP contribution in [0.25, 0.3) is 11.5 Å². The molecule has 0 saturated carbocycles. The molecule has 0 aliphatic rings. The van der Waals surface area contributed by atoms with Gasteiger partial charge in [0.25, 0.3) is 0 Å². The molecule has 0 atom stereocenters. The molecular formula is C26H28N2O4. The molecule has 0 aliphatic heterocycles. The van der Waals surface area contributed by atoms with Gasteiger partial charge >= 0.3 is 0 Å². The Morgan fingerprint density at radius 3 is 1.34 bits per heavy atom. The van der Waals surface area contributed by atoms with Gasteiger partial charge in [0.1, 0.15) is 11.5 Å². The van der Waals surface area contributed by atoms with Crippen molar-refractivity contribution in [2.24, 2.45) is 0 Å². The summed E-state index contributed by atoms with van der Waals surface area (Å²) in [7, 11) is 0. The molecule has 4 N–H and O–H groups in total. The average molecular weight is 433 g/mol. The minimum absolute atomic E-state index is 0.0842. The van der Waals surface area contributed by atoms with Gasteiger partial charge in [-0.25, -0.2) is 0 Å². The molecule has 0 amide bonds. The third kappa shape index (κ3) is 8.75. The predicted molar refractivity (Wildman–Crippen MR) is 128 cm³/mol. The number of aliphatic hydroxyl groups excluding tert-OH is 2. The Balaban J connectivity index is 1.78. The van der Waals surface area contributed by atoms with Gasteiger partial charge in [-0.3, -0.25) is 9.59 Å². The van der Waals surface area contributed by atoms with Crippen molar-refractivity contribution in [3.8, 4) is 0 Å². The highest BCUT2D eigenvalue weighted by Gasteiger charge is 2.03. The molecule has 0 unspecified atom stereocenters. The number of carbonyl (C=O) groups excluding carboxylic acids is 2. The normalized spacial score (nSPS) is 12.9. The van der Waals surface area contributed by atoms with Gasteiger partial charge < -0.3 is 20.8 Å². The van der Waals surface area contributed by atoms with Crippen molar-refractivity contribution in [2.45, 2.75) is 13.8 Å². The molecule has 2 rings (SSSR count). The van der Waals surface area contributed by atoms with E-state index in [4.69, 9.17) is 0 Å². The largest absolute Gasteiger partial charge is 0.507 e. The lowest BCUT2D eigenvalue weighted by Gasteiger charge is -2.09. The zero-order chi connectivity index (χ0) is 23.3. The second kappa shape index (κ2) is 12.6. The van der Waals surface area contributed by atoms with Crippen molar-refractivity contribution in [3.05, 3.63) is 107 Å². The number of nitrogens with one attached hydrogen (secondary N) is 2. The Hall–Kier alpha value is -4.06. The van der Waals surface area contributed by atoms with Gasteiger partial charge in [0, 0.05) is 59.9 Å². The standard InChI is InChI=1S/C26H28N2O4/c1-19(15-23(29)17-25(31)21-9-5-3-6-10-21)27-13-14-28-20(2)16-24(30)18-26(32)22-11-7-4-8-12-22/h3-12,15-18,27-28,31-32H,13-14H2,1-2H3. The van der Waals surface area contributed by atoms with Crippen LogP contribution in [-0.4, -0.2) is 34.9 Å². The number of allylic oxidation sites excluding steroid dienone is 6. The number of ketones is 2. The van der Waals surface area contributed by atoms with E-state index >= 15 is 0 Å². The topological polar surface area (TPSA) is 98.7 Å². The fourth-order valence-corrected chi connectivity index (χ4v) is 2.79. The maximum atomic E-state index is 12.0. The Bertz CT molecular complexity index is 951. The maximum Gasteiger partial charge on any atom is 0.184 e. The van der Waals surface area contributed by atoms with Crippen molar-refractivity contribution in [1.82, 2.24) is 10.6 Å². The summed E-state index contributed by atoms with van der Waals surface area (Å²) in [6, 6.07) is 17.7. The minimum Gasteiger partial charge on any atom is -0.507 e. The van der Waals surface area contributed by atoms with Gasteiger partial charge in [0.2, 0.25) is 0 Å². The molecule has 2 aromatic carbocycles. The van der Waals surface area contributed by atoms with Crippen LogP contribution in [0.3, 0.4) is 0 Å². The quantitative estimate of drug-likeness (QED) is 0.240. The van der Waals surface area contributed by atoms with Crippen molar-refractivity contribution in [1.29, 1.82) is 0 Å². The van der Waals surface area contributed by atoms with Crippen molar-refractivity contribution in [2.75, 3.05) is 13.1 Å². The first kappa shape index (κ1) is 24.2. The van der Waals surface area contributed by atoms with Crippen molar-refractivity contribution < 1.29 is 19.8 Å². The Morgan fingerprint density at radius 2 is 1.00 bits per heavy atom. The van der Waals surface area contributed by atoms with Gasteiger partial charge in [-0.2, -0.15) is 0 Å². The molecule has 6 nitrogen and oxygen atoms in total. The predicted octanol–water partition coefficient (Wildman–Crippen LogP) is 4.31. The number of carbonyl (C=O) groups is 2. The number of hydrogen-bond donors (Lipinski definition) is 4. The summed E-state index contributed by atoms with van der Waals surface area (Å²) in [5.41, 5.74) is 2.46. The van der Waals surface area contributed by atoms with E-state index in [1.54, 1.807) is 62.4 Å². The van der Waals surface area contributed by atoms with E-state index in [1.165, 1.54) is 24.3 Å². The Labute approximate surface area is 188 Å². The van der Waals surface area contributed by atoms with Crippen LogP contribution in [0.5, 0.6) is 0 Å². The fourth-order valence-electron chi connectivity index (χ4n) is 2.79. The summed E-state index contributed by atoms with van der Waals surface area (Å²) in [6.45, 7) is 4.56. The summed E-state index contributed by atoms with van der Waals surface area (Å²) in [4.78, 5) is 24.1. The van der Waals surface area contributed by atoms with E-state index < -0.39 is 0 Å². The van der Waals surface area contributed by atoms with Gasteiger partial charge in [-0.15, -0.1) is 0 Å². The molecular weight excluding hydrogens is 404 g/mol. The van der Waals surface area contributed by atoms with Crippen LogP contribution < -0.4 is 10.6 Å². The fraction of sp³-hybridized carbons (Fsp3) is 0.154. The average Bonchev–Trinajstić information content (AvgIpc) is 2.77. The van der Waals surface area contributed by atoms with E-state index in [0.29, 0.717) is 35.6 Å². The highest BCUT2D eigenvalue weighted by molar-refractivity contribution is 6.04. The summed E-state index contributed by atoms with van der Waals surface area (Å²) < 4.78 is 0. The van der Waals surface area contributed by atoms with E-state index in [-0.39, 0.29) is 23.1 Å². The van der Waals surface area contributed by atoms with Crippen LogP contribution in [0, 0.1) is 0 Å². The third-order valence-electron chi connectivity index (χ3n) is 4.35. The van der Waals surface area contributed by atoms with Crippen LogP contribution in [-0.2, 0) is 9.59 Å². The summed E-state index contributed by atoms with van der Waals surface area (Å²) in [5, 5.41) is 26.2. The van der Waals surface area contributed by atoms with E-state index in [9.17, 15) is 19.8 Å². The molecule has 0 saturated heterocycles. The number of aliphatic hydroxyl groups is 2. The van der Waals surface area contributed by atoms with E-state index in [0.717, 1.165) is 0 Å². The number of hydrogen-bond acceptors (Lipinski definition) is 6. The first-order valence-electron chi connectivity index (χ1n) is 10.2. The van der Waals surface area contributed by atoms with Gasteiger partial charge in [0.15, 0.2) is 11.6 Å². The monoisotopic (exact) mass is 432 g/mol. The molecule has 2 aromatic rings. The lowest BCUT2D eigenvalue weighted by molar-refractivity contribution is -0.111. The summed E-state index contributed by atoms with van der Waals surface area (Å²) in [5.74, 6) is -0.815. The van der Waals surface area contributed by atoms with Crippen molar-refractivity contribution >= 4 is 23.1 Å². The molecule has 0 fully saturated rings. The van der Waals surface area contributed by atoms with Crippen LogP contribution in [0.4, 0.5) is 0 Å². The van der Waals surface area contributed by atoms with Gasteiger partial charge in [-0.05, 0) is 13.8 Å². The summed E-state index contributed by atoms with van der Waals surface area (Å²) in [6.07, 6.45) is 5.16. The highest BCUT2D eigenvalue weighted by atomic mass is 16.3. The van der Waals surface area contributed by atoms with Crippen LogP contribution in [0.2, 0.25) is 0 Å². The molecule has 0 radical (unpaired) electrons. The zero-order valence-corrected chi connectivity index (χ0v) is 18.2. The first-order valence-corrected chi connectivity index (χ1v) is 10.2. The molecule has 166 valence electrons. The Morgan fingerprint density at radius 1 is 0.656 bits per heavy atom. The molecule has 0 spiro atoms. The number of benzene rings is 2. The van der Waals surface area contributed by atoms with Gasteiger partial charge in [-0.1, -0.05) is 60.7 Å². The maximum absolute atomic E-state index is 12.0. The van der Waals surface area contributed by atoms with Crippen LogP contribution in [0.15, 0.2) is 96.4 Å². The molecule has 0 bridgehead atoms. The lowest BCUT2D eigenvalue weighted by Crippen LogP contribution is -2.25. The Kier molecular flexibility index (Phi) is 9.53. The first-order chi connectivity index (χ1) is 15.3. The van der Waals surface area contributed by atoms with Crippen molar-refractivity contribution in [3.63, 3.8) is 0 Å². The van der Waals surface area contributed by atoms with E-state index in [1.807, 2.05) is 12.1 Å². The number of rotatable bonds is 11. The minimum atomic E-state index is -0.323. The highest BCUT2D eigenvalue weighted by Crippen LogP contribution is 2.11. The lowest BCUT2D eigenvalue weighted by atomic mass is 10.1. The molecule has 6 heteroatoms. The second-order valence-corrected chi connectivity index (χ2v) is 7.10. The van der Waals surface area contributed by atoms with Gasteiger partial charge in [0.05, 0.1) is 0 Å². The molecule has 0 heterocycles. The third-order valence-corrected chi connectivity index (χ3v) is 4.35. The van der Waals surface area contributed by atoms with Crippen LogP contribution in [0.1, 0.15) is 25.0 Å². The van der Waals surface area contributed by atoms with Crippen LogP contribution >= 0.6 is 0 Å². The molecule has 32 heavy (non-hydrogen) atoms. The van der Waals surface area contributed by atoms with E-state index in [2.05, 4.69) is 10.6 Å². The SMILES string of the molecule is CC(=CC(=O)C=C(O)c1ccccc1)NCCNC(C)=CC(=O)C=C(O)c1ccccc1. The smallest absolute Gasteiger partial charge is 0.184 e. The second-order valence-electron chi connectivity index (χ2n) is 7.10. The molecule has 0 aromatic heterocycles.